The normalized spacial score (nSPS) is 13.8. The van der Waals surface area contributed by atoms with Crippen LogP contribution in [0.4, 0.5) is 20.4 Å². The number of anilines is 2. The van der Waals surface area contributed by atoms with E-state index in [0.29, 0.717) is 57.2 Å². The van der Waals surface area contributed by atoms with E-state index in [1.807, 2.05) is 11.9 Å². The average molecular weight is 601 g/mol. The second kappa shape index (κ2) is 11.9. The Morgan fingerprint density at radius 2 is 1.72 bits per heavy atom. The molecule has 6 rings (SSSR count). The number of guanidine groups is 1. The molecule has 1 fully saturated rings. The summed E-state index contributed by atoms with van der Waals surface area (Å²) in [6, 6.07) is 15.8. The number of nitrogens with zero attached hydrogens (tertiary/aromatic N) is 4. The van der Waals surface area contributed by atoms with Crippen LogP contribution in [0.5, 0.6) is 0 Å². The largest absolute Gasteiger partial charge is 0.343 e. The van der Waals surface area contributed by atoms with Gasteiger partial charge in [0.2, 0.25) is 5.95 Å². The first-order valence-corrected chi connectivity index (χ1v) is 14.1. The fourth-order valence-electron chi connectivity index (χ4n) is 5.21. The summed E-state index contributed by atoms with van der Waals surface area (Å²) in [6.07, 6.45) is 3.31. The third-order valence-corrected chi connectivity index (χ3v) is 7.78. The number of piperidine rings is 1. The van der Waals surface area contributed by atoms with E-state index < -0.39 is 11.6 Å². The SMILES string of the molecule is CNC1CCN(C(=N)NC(=O)c2ccc(Nc3ncc4nc(-c5c(F)cccc5F)c5cc(Cl)ccc5c4n3)cc2)CC1. The Kier molecular flexibility index (Phi) is 7.83. The van der Waals surface area contributed by atoms with E-state index in [1.165, 1.54) is 24.4 Å². The Hall–Kier alpha value is -4.74. The molecular weight excluding hydrogens is 574 g/mol. The lowest BCUT2D eigenvalue weighted by Crippen LogP contribution is -2.49. The number of rotatable bonds is 5. The highest BCUT2D eigenvalue weighted by atomic mass is 35.5. The fraction of sp³-hybridized carbons (Fsp3) is 0.194. The summed E-state index contributed by atoms with van der Waals surface area (Å²) in [4.78, 5) is 28.1. The lowest BCUT2D eigenvalue weighted by molar-refractivity contribution is 0.0970. The predicted molar refractivity (Wildman–Crippen MR) is 164 cm³/mol. The van der Waals surface area contributed by atoms with Gasteiger partial charge in [-0.15, -0.1) is 0 Å². The Bertz CT molecular complexity index is 1840. The summed E-state index contributed by atoms with van der Waals surface area (Å²) in [5, 5.41) is 18.8. The summed E-state index contributed by atoms with van der Waals surface area (Å²) in [5.74, 6) is -1.49. The third kappa shape index (κ3) is 5.81. The molecule has 1 saturated heterocycles. The Morgan fingerprint density at radius 3 is 2.42 bits per heavy atom. The van der Waals surface area contributed by atoms with Crippen molar-refractivity contribution >= 4 is 56.9 Å². The molecule has 43 heavy (non-hydrogen) atoms. The van der Waals surface area contributed by atoms with Gasteiger partial charge in [0.15, 0.2) is 5.96 Å². The van der Waals surface area contributed by atoms with E-state index in [-0.39, 0.29) is 29.1 Å². The number of pyridine rings is 1. The maximum absolute atomic E-state index is 14.7. The number of hydrogen-bond donors (Lipinski definition) is 4. The summed E-state index contributed by atoms with van der Waals surface area (Å²) in [6.45, 7) is 1.41. The van der Waals surface area contributed by atoms with Crippen molar-refractivity contribution in [3.63, 3.8) is 0 Å². The molecule has 0 saturated carbocycles. The van der Waals surface area contributed by atoms with Crippen LogP contribution in [0.1, 0.15) is 23.2 Å². The molecule has 0 bridgehead atoms. The van der Waals surface area contributed by atoms with Gasteiger partial charge in [0, 0.05) is 46.2 Å². The number of carbonyl (C=O) groups is 1. The molecule has 218 valence electrons. The van der Waals surface area contributed by atoms with E-state index in [1.54, 1.807) is 42.5 Å². The first-order valence-electron chi connectivity index (χ1n) is 13.7. The van der Waals surface area contributed by atoms with Crippen molar-refractivity contribution in [1.29, 1.82) is 5.41 Å². The van der Waals surface area contributed by atoms with Gasteiger partial charge in [-0.1, -0.05) is 23.7 Å². The minimum Gasteiger partial charge on any atom is -0.343 e. The van der Waals surface area contributed by atoms with Crippen LogP contribution < -0.4 is 16.0 Å². The van der Waals surface area contributed by atoms with Crippen molar-refractivity contribution in [1.82, 2.24) is 30.5 Å². The zero-order valence-corrected chi connectivity index (χ0v) is 23.8. The molecule has 3 aromatic carbocycles. The van der Waals surface area contributed by atoms with Gasteiger partial charge >= 0.3 is 0 Å². The van der Waals surface area contributed by atoms with E-state index in [0.717, 1.165) is 12.8 Å². The van der Waals surface area contributed by atoms with Crippen molar-refractivity contribution in [2.45, 2.75) is 18.9 Å². The zero-order valence-electron chi connectivity index (χ0n) is 23.1. The predicted octanol–water partition coefficient (Wildman–Crippen LogP) is 5.87. The van der Waals surface area contributed by atoms with E-state index in [2.05, 4.69) is 30.9 Å². The summed E-state index contributed by atoms with van der Waals surface area (Å²) < 4.78 is 29.5. The first kappa shape index (κ1) is 28.4. The van der Waals surface area contributed by atoms with Crippen LogP contribution in [0.15, 0.2) is 66.9 Å². The average Bonchev–Trinajstić information content (AvgIpc) is 3.01. The molecule has 4 N–H and O–H groups in total. The summed E-state index contributed by atoms with van der Waals surface area (Å²) in [7, 11) is 1.93. The highest BCUT2D eigenvalue weighted by Crippen LogP contribution is 2.36. The molecular formula is C31H27ClF2N8O. The van der Waals surface area contributed by atoms with Crippen LogP contribution in [0, 0.1) is 17.0 Å². The van der Waals surface area contributed by atoms with Gasteiger partial charge < -0.3 is 15.5 Å². The molecule has 9 nitrogen and oxygen atoms in total. The van der Waals surface area contributed by atoms with Crippen molar-refractivity contribution in [2.24, 2.45) is 0 Å². The number of amides is 1. The number of likely N-dealkylation sites (tertiary alicyclic amines) is 1. The molecule has 1 aliphatic heterocycles. The van der Waals surface area contributed by atoms with Crippen LogP contribution in [-0.2, 0) is 0 Å². The summed E-state index contributed by atoms with van der Waals surface area (Å²) in [5.41, 5.74) is 1.71. The van der Waals surface area contributed by atoms with Gasteiger partial charge in [0.05, 0.1) is 17.5 Å². The molecule has 1 aliphatic rings. The smallest absolute Gasteiger partial charge is 0.257 e. The lowest BCUT2D eigenvalue weighted by atomic mass is 10.0. The number of carbonyl (C=O) groups excluding carboxylic acids is 1. The van der Waals surface area contributed by atoms with Gasteiger partial charge in [0.25, 0.3) is 5.91 Å². The van der Waals surface area contributed by atoms with Crippen LogP contribution in [0.25, 0.3) is 33.1 Å². The first-order chi connectivity index (χ1) is 20.8. The van der Waals surface area contributed by atoms with Gasteiger partial charge in [0.1, 0.15) is 22.7 Å². The molecule has 3 heterocycles. The van der Waals surface area contributed by atoms with E-state index >= 15 is 0 Å². The van der Waals surface area contributed by atoms with Crippen LogP contribution in [0.3, 0.4) is 0 Å². The van der Waals surface area contributed by atoms with Gasteiger partial charge in [-0.3, -0.25) is 15.5 Å². The zero-order chi connectivity index (χ0) is 30.1. The lowest BCUT2D eigenvalue weighted by Gasteiger charge is -2.33. The number of halogens is 3. The Balaban J connectivity index is 1.23. The topological polar surface area (TPSA) is 119 Å². The highest BCUT2D eigenvalue weighted by molar-refractivity contribution is 6.31. The molecule has 0 aliphatic carbocycles. The molecule has 2 aromatic heterocycles. The number of fused-ring (bicyclic) bond motifs is 3. The monoisotopic (exact) mass is 600 g/mol. The van der Waals surface area contributed by atoms with E-state index in [4.69, 9.17) is 17.0 Å². The maximum atomic E-state index is 14.7. The molecule has 0 spiro atoms. The van der Waals surface area contributed by atoms with Crippen LogP contribution in [-0.4, -0.2) is 57.9 Å². The number of benzene rings is 3. The molecule has 12 heteroatoms. The van der Waals surface area contributed by atoms with Crippen LogP contribution >= 0.6 is 11.6 Å². The Labute approximate surface area is 250 Å². The second-order valence-corrected chi connectivity index (χ2v) is 10.7. The third-order valence-electron chi connectivity index (χ3n) is 7.55. The number of hydrogen-bond acceptors (Lipinski definition) is 7. The standard InChI is InChI=1S/C31H27ClF2N8O/c1-36-19-11-13-42(14-12-19)30(35)41-29(43)17-5-8-20(9-6-17)38-31-37-16-25-27(40-31)21-10-7-18(32)15-22(21)28(39-25)26-23(33)3-2-4-24(26)34/h2-10,15-16,19,36H,11-14H2,1H3,(H2,35,41,43)(H,37,38,40). The number of nitrogens with one attached hydrogen (secondary N) is 4. The van der Waals surface area contributed by atoms with E-state index in [9.17, 15) is 13.6 Å². The second-order valence-electron chi connectivity index (χ2n) is 10.2. The summed E-state index contributed by atoms with van der Waals surface area (Å²) >= 11 is 6.26. The molecule has 0 unspecified atom stereocenters. The van der Waals surface area contributed by atoms with Gasteiger partial charge in [-0.25, -0.2) is 23.7 Å². The molecule has 5 aromatic rings. The molecule has 0 radical (unpaired) electrons. The van der Waals surface area contributed by atoms with Crippen molar-refractivity contribution in [2.75, 3.05) is 25.5 Å². The van der Waals surface area contributed by atoms with Crippen molar-refractivity contribution < 1.29 is 13.6 Å². The highest BCUT2D eigenvalue weighted by Gasteiger charge is 2.22. The molecule has 1 amide bonds. The Morgan fingerprint density at radius 1 is 1.00 bits per heavy atom. The van der Waals surface area contributed by atoms with Crippen molar-refractivity contribution in [3.05, 3.63) is 89.1 Å². The van der Waals surface area contributed by atoms with Gasteiger partial charge in [-0.05, 0) is 68.4 Å². The minimum absolute atomic E-state index is 0.0920. The van der Waals surface area contributed by atoms with Gasteiger partial charge in [-0.2, -0.15) is 0 Å². The molecule has 0 atom stereocenters. The minimum atomic E-state index is -0.740. The maximum Gasteiger partial charge on any atom is 0.257 e. The quantitative estimate of drug-likeness (QED) is 0.113. The number of aromatic nitrogens is 3. The van der Waals surface area contributed by atoms with Crippen LogP contribution in [0.2, 0.25) is 5.02 Å². The fourth-order valence-corrected chi connectivity index (χ4v) is 5.39. The van der Waals surface area contributed by atoms with Crippen molar-refractivity contribution in [3.8, 4) is 11.3 Å².